The molecule has 0 saturated carbocycles. The lowest BCUT2D eigenvalue weighted by Crippen LogP contribution is -2.23. The molecular weight excluding hydrogens is 332 g/mol. The van der Waals surface area contributed by atoms with Crippen LogP contribution in [0.5, 0.6) is 5.75 Å². The maximum absolute atomic E-state index is 12.2. The first kappa shape index (κ1) is 17.7. The second kappa shape index (κ2) is 7.79. The van der Waals surface area contributed by atoms with E-state index in [1.165, 1.54) is 12.1 Å². The van der Waals surface area contributed by atoms with Crippen LogP contribution in [0, 0.1) is 10.1 Å². The van der Waals surface area contributed by atoms with Gasteiger partial charge in [-0.3, -0.25) is 14.9 Å². The van der Waals surface area contributed by atoms with Crippen molar-refractivity contribution >= 4 is 23.2 Å². The van der Waals surface area contributed by atoms with E-state index in [0.29, 0.717) is 6.54 Å². The molecule has 0 aromatic heterocycles. The monoisotopic (exact) mass is 348 g/mol. The molecule has 0 saturated heterocycles. The van der Waals surface area contributed by atoms with Crippen LogP contribution in [0.1, 0.15) is 29.8 Å². The molecule has 2 aromatic carbocycles. The molecule has 0 heterocycles. The lowest BCUT2D eigenvalue weighted by Gasteiger charge is -2.11. The predicted octanol–water partition coefficient (Wildman–Crippen LogP) is 3.97. The highest BCUT2D eigenvalue weighted by molar-refractivity contribution is 6.34. The molecule has 0 aliphatic carbocycles. The van der Waals surface area contributed by atoms with Crippen LogP contribution in [0.2, 0.25) is 5.02 Å². The molecule has 0 unspecified atom stereocenters. The van der Waals surface area contributed by atoms with Crippen molar-refractivity contribution < 1.29 is 14.5 Å². The number of ether oxygens (including phenoxy) is 1. The van der Waals surface area contributed by atoms with Gasteiger partial charge in [0.05, 0.1) is 21.6 Å². The third-order valence-electron chi connectivity index (χ3n) is 3.13. The molecule has 24 heavy (non-hydrogen) atoms. The Bertz CT molecular complexity index is 762. The Morgan fingerprint density at radius 1 is 1.29 bits per heavy atom. The molecule has 7 heteroatoms. The Morgan fingerprint density at radius 2 is 2.04 bits per heavy atom. The van der Waals surface area contributed by atoms with E-state index in [4.69, 9.17) is 16.3 Å². The van der Waals surface area contributed by atoms with Crippen molar-refractivity contribution in [2.45, 2.75) is 26.5 Å². The number of non-ortho nitro benzene ring substituents is 1. The summed E-state index contributed by atoms with van der Waals surface area (Å²) < 4.78 is 5.60. The molecule has 126 valence electrons. The zero-order chi connectivity index (χ0) is 17.7. The maximum Gasteiger partial charge on any atom is 0.270 e. The third-order valence-corrected chi connectivity index (χ3v) is 3.44. The first-order valence-electron chi connectivity index (χ1n) is 7.34. The molecule has 1 N–H and O–H groups in total. The Hall–Kier alpha value is -2.60. The molecule has 2 rings (SSSR count). The second-order valence-corrected chi connectivity index (χ2v) is 5.83. The van der Waals surface area contributed by atoms with E-state index in [2.05, 4.69) is 5.32 Å². The summed E-state index contributed by atoms with van der Waals surface area (Å²) in [5, 5.41) is 13.5. The van der Waals surface area contributed by atoms with Gasteiger partial charge in [-0.2, -0.15) is 0 Å². The molecule has 1 amide bonds. The number of hydrogen-bond acceptors (Lipinski definition) is 4. The van der Waals surface area contributed by atoms with Crippen LogP contribution in [-0.4, -0.2) is 16.9 Å². The minimum atomic E-state index is -0.562. The van der Waals surface area contributed by atoms with E-state index in [9.17, 15) is 14.9 Å². The number of hydrogen-bond donors (Lipinski definition) is 1. The van der Waals surface area contributed by atoms with Gasteiger partial charge in [-0.05, 0) is 37.6 Å². The lowest BCUT2D eigenvalue weighted by atomic mass is 10.1. The summed E-state index contributed by atoms with van der Waals surface area (Å²) in [5.41, 5.74) is 0.909. The van der Waals surface area contributed by atoms with Gasteiger partial charge in [0.1, 0.15) is 5.75 Å². The Balaban J connectivity index is 2.04. The van der Waals surface area contributed by atoms with Gasteiger partial charge < -0.3 is 10.1 Å². The summed E-state index contributed by atoms with van der Waals surface area (Å²) in [6.07, 6.45) is 0.0637. The van der Waals surface area contributed by atoms with Gasteiger partial charge in [0.15, 0.2) is 0 Å². The minimum absolute atomic E-state index is 0.0404. The number of nitrogens with zero attached hydrogens (tertiary/aromatic N) is 1. The summed E-state index contributed by atoms with van der Waals surface area (Å²) in [7, 11) is 0. The Labute approximate surface area is 144 Å². The van der Waals surface area contributed by atoms with E-state index in [-0.39, 0.29) is 22.4 Å². The summed E-state index contributed by atoms with van der Waals surface area (Å²) in [6.45, 7) is 4.16. The van der Waals surface area contributed by atoms with E-state index >= 15 is 0 Å². The number of rotatable bonds is 6. The number of nitrogens with one attached hydrogen (secondary N) is 1. The highest BCUT2D eigenvalue weighted by atomic mass is 35.5. The van der Waals surface area contributed by atoms with Crippen molar-refractivity contribution in [3.63, 3.8) is 0 Å². The standard InChI is InChI=1S/C17H17ClN2O4/c1-11(2)24-14-5-3-4-12(8-14)10-19-17(21)15-7-6-13(20(22)23)9-16(15)18/h3-9,11H,10H2,1-2H3,(H,19,21). The molecule has 0 atom stereocenters. The number of nitro groups is 1. The number of carbonyl (C=O) groups excluding carboxylic acids is 1. The third kappa shape index (κ3) is 4.70. The van der Waals surface area contributed by atoms with Crippen LogP contribution in [0.15, 0.2) is 42.5 Å². The highest BCUT2D eigenvalue weighted by Gasteiger charge is 2.14. The van der Waals surface area contributed by atoms with Crippen molar-refractivity contribution in [2.75, 3.05) is 0 Å². The SMILES string of the molecule is CC(C)Oc1cccc(CNC(=O)c2ccc([N+](=O)[O-])cc2Cl)c1. The van der Waals surface area contributed by atoms with Crippen molar-refractivity contribution in [2.24, 2.45) is 0 Å². The van der Waals surface area contributed by atoms with Gasteiger partial charge in [0.25, 0.3) is 11.6 Å². The maximum atomic E-state index is 12.2. The fourth-order valence-electron chi connectivity index (χ4n) is 2.08. The zero-order valence-corrected chi connectivity index (χ0v) is 14.0. The molecule has 0 aliphatic heterocycles. The van der Waals surface area contributed by atoms with E-state index in [1.807, 2.05) is 38.1 Å². The van der Waals surface area contributed by atoms with E-state index < -0.39 is 10.8 Å². The molecule has 0 aliphatic rings. The topological polar surface area (TPSA) is 81.5 Å². The molecule has 0 bridgehead atoms. The highest BCUT2D eigenvalue weighted by Crippen LogP contribution is 2.22. The largest absolute Gasteiger partial charge is 0.491 e. The fraction of sp³-hybridized carbons (Fsp3) is 0.235. The van der Waals surface area contributed by atoms with Gasteiger partial charge in [0.2, 0.25) is 0 Å². The van der Waals surface area contributed by atoms with Crippen LogP contribution in [-0.2, 0) is 6.54 Å². The van der Waals surface area contributed by atoms with Gasteiger partial charge in [-0.15, -0.1) is 0 Å². The van der Waals surface area contributed by atoms with Gasteiger partial charge >= 0.3 is 0 Å². The smallest absolute Gasteiger partial charge is 0.270 e. The number of amides is 1. The first-order chi connectivity index (χ1) is 11.4. The number of benzene rings is 2. The molecular formula is C17H17ClN2O4. The molecule has 2 aromatic rings. The molecule has 0 spiro atoms. The van der Waals surface area contributed by atoms with Gasteiger partial charge in [0, 0.05) is 18.7 Å². The van der Waals surface area contributed by atoms with Crippen molar-refractivity contribution in [3.05, 3.63) is 68.7 Å². The van der Waals surface area contributed by atoms with Crippen molar-refractivity contribution in [3.8, 4) is 5.75 Å². The minimum Gasteiger partial charge on any atom is -0.491 e. The van der Waals surface area contributed by atoms with Crippen LogP contribution in [0.4, 0.5) is 5.69 Å². The number of carbonyl (C=O) groups is 1. The number of halogens is 1. The predicted molar refractivity (Wildman–Crippen MR) is 91.5 cm³/mol. The average molecular weight is 349 g/mol. The lowest BCUT2D eigenvalue weighted by molar-refractivity contribution is -0.384. The van der Waals surface area contributed by atoms with Crippen LogP contribution in [0.3, 0.4) is 0 Å². The van der Waals surface area contributed by atoms with E-state index in [0.717, 1.165) is 17.4 Å². The summed E-state index contributed by atoms with van der Waals surface area (Å²) >= 11 is 5.95. The Morgan fingerprint density at radius 3 is 2.67 bits per heavy atom. The van der Waals surface area contributed by atoms with Crippen molar-refractivity contribution in [1.29, 1.82) is 0 Å². The molecule has 6 nitrogen and oxygen atoms in total. The molecule has 0 radical (unpaired) electrons. The molecule has 0 fully saturated rings. The quantitative estimate of drug-likeness (QED) is 0.632. The van der Waals surface area contributed by atoms with Crippen LogP contribution in [0.25, 0.3) is 0 Å². The average Bonchev–Trinajstić information content (AvgIpc) is 2.52. The second-order valence-electron chi connectivity index (χ2n) is 5.42. The summed E-state index contributed by atoms with van der Waals surface area (Å²) in [6, 6.07) is 11.2. The van der Waals surface area contributed by atoms with Crippen LogP contribution < -0.4 is 10.1 Å². The first-order valence-corrected chi connectivity index (χ1v) is 7.72. The van der Waals surface area contributed by atoms with Gasteiger partial charge in [-0.1, -0.05) is 23.7 Å². The van der Waals surface area contributed by atoms with Gasteiger partial charge in [-0.25, -0.2) is 0 Å². The number of nitro benzene ring substituents is 1. The fourth-order valence-corrected chi connectivity index (χ4v) is 2.34. The normalized spacial score (nSPS) is 10.5. The summed E-state index contributed by atoms with van der Waals surface area (Å²) in [4.78, 5) is 22.3. The summed E-state index contributed by atoms with van der Waals surface area (Å²) in [5.74, 6) is 0.329. The zero-order valence-electron chi connectivity index (χ0n) is 13.3. The van der Waals surface area contributed by atoms with E-state index in [1.54, 1.807) is 0 Å². The Kier molecular flexibility index (Phi) is 5.76. The van der Waals surface area contributed by atoms with Crippen LogP contribution >= 0.6 is 11.6 Å². The van der Waals surface area contributed by atoms with Crippen molar-refractivity contribution in [1.82, 2.24) is 5.32 Å².